The molecule has 0 aliphatic rings. The summed E-state index contributed by atoms with van der Waals surface area (Å²) in [5.74, 6) is -2.37. The largest absolute Gasteiger partial charge is 0.478 e. The molecule has 1 aromatic carbocycles. The second-order valence-corrected chi connectivity index (χ2v) is 5.58. The number of carboxylic acid groups (broad SMARTS) is 1. The van der Waals surface area contributed by atoms with Crippen LogP contribution in [0.15, 0.2) is 42.3 Å². The fourth-order valence-corrected chi connectivity index (χ4v) is 2.28. The predicted molar refractivity (Wildman–Crippen MR) is 77.6 cm³/mol. The highest BCUT2D eigenvalue weighted by atomic mass is 32.2. The molecule has 0 amide bonds. The third-order valence-corrected chi connectivity index (χ3v) is 3.48. The first-order valence-electron chi connectivity index (χ1n) is 5.99. The van der Waals surface area contributed by atoms with Crippen LogP contribution in [0.5, 0.6) is 0 Å². The molecule has 0 bridgehead atoms. The maximum Gasteiger partial charge on any atom is 0.338 e. The lowest BCUT2D eigenvalue weighted by molar-refractivity contribution is 0.0548. The Morgan fingerprint density at radius 1 is 1.18 bits per heavy atom. The number of carbonyl (C=O) groups excluding carboxylic acids is 1. The zero-order valence-corrected chi connectivity index (χ0v) is 12.3. The Kier molecular flexibility index (Phi) is 5.61. The lowest BCUT2D eigenvalue weighted by atomic mass is 9.98. The van der Waals surface area contributed by atoms with Gasteiger partial charge in [0.1, 0.15) is 6.61 Å². The van der Waals surface area contributed by atoms with Crippen LogP contribution >= 0.6 is 0 Å². The molecule has 0 unspecified atom stereocenters. The normalized spacial score (nSPS) is 10.8. The maximum absolute atomic E-state index is 12.0. The fourth-order valence-electron chi connectivity index (χ4n) is 1.74. The van der Waals surface area contributed by atoms with Crippen LogP contribution in [0.25, 0.3) is 0 Å². The van der Waals surface area contributed by atoms with Crippen LogP contribution in [0.2, 0.25) is 0 Å². The number of benzene rings is 1. The number of allylic oxidation sites excluding steroid dienone is 1. The van der Waals surface area contributed by atoms with E-state index in [2.05, 4.69) is 13.2 Å². The molecule has 1 rings (SSSR count). The molecule has 2 N–H and O–H groups in total. The Hall–Kier alpha value is -2.45. The predicted octanol–water partition coefficient (Wildman–Crippen LogP) is 1.70. The van der Waals surface area contributed by atoms with Crippen molar-refractivity contribution in [2.45, 2.75) is 11.3 Å². The second kappa shape index (κ2) is 7.01. The van der Waals surface area contributed by atoms with Gasteiger partial charge in [0, 0.05) is 0 Å². The van der Waals surface area contributed by atoms with Crippen LogP contribution in [0.4, 0.5) is 0 Å². The number of carbonyl (C=O) groups is 2. The Balaban J connectivity index is 3.64. The van der Waals surface area contributed by atoms with Crippen molar-refractivity contribution in [3.8, 4) is 0 Å². The summed E-state index contributed by atoms with van der Waals surface area (Å²) < 4.78 is 36.4. The van der Waals surface area contributed by atoms with E-state index < -0.39 is 32.5 Å². The quantitative estimate of drug-likeness (QED) is 0.445. The summed E-state index contributed by atoms with van der Waals surface area (Å²) in [6.07, 6.45) is 2.67. The van der Waals surface area contributed by atoms with Gasteiger partial charge in [-0.2, -0.15) is 8.42 Å². The van der Waals surface area contributed by atoms with Gasteiger partial charge >= 0.3 is 11.9 Å². The number of hydrogen-bond acceptors (Lipinski definition) is 5. The van der Waals surface area contributed by atoms with Crippen molar-refractivity contribution >= 4 is 22.1 Å². The highest BCUT2D eigenvalue weighted by Crippen LogP contribution is 2.23. The molecule has 0 atom stereocenters. The Bertz CT molecular complexity index is 732. The molecular weight excluding hydrogens is 312 g/mol. The molecule has 0 aromatic heterocycles. The monoisotopic (exact) mass is 326 g/mol. The van der Waals surface area contributed by atoms with Gasteiger partial charge in [0.25, 0.3) is 10.1 Å². The van der Waals surface area contributed by atoms with E-state index in [1.165, 1.54) is 12.2 Å². The van der Waals surface area contributed by atoms with Gasteiger partial charge in [-0.3, -0.25) is 4.55 Å². The van der Waals surface area contributed by atoms with Crippen LogP contribution in [0.1, 0.15) is 26.3 Å². The average molecular weight is 326 g/mol. The molecule has 118 valence electrons. The first-order valence-corrected chi connectivity index (χ1v) is 7.43. The van der Waals surface area contributed by atoms with Crippen molar-refractivity contribution in [3.63, 3.8) is 0 Å². The summed E-state index contributed by atoms with van der Waals surface area (Å²) >= 11 is 0. The lowest BCUT2D eigenvalue weighted by Crippen LogP contribution is -2.15. The number of hydrogen-bond donors (Lipinski definition) is 2. The molecule has 0 heterocycles. The summed E-state index contributed by atoms with van der Waals surface area (Å²) in [5.41, 5.74) is -0.654. The number of carboxylic acids is 1. The lowest BCUT2D eigenvalue weighted by Gasteiger charge is -2.12. The summed E-state index contributed by atoms with van der Waals surface area (Å²) in [5, 5.41) is 9.19. The van der Waals surface area contributed by atoms with E-state index in [0.29, 0.717) is 0 Å². The van der Waals surface area contributed by atoms with Gasteiger partial charge in [0.05, 0.1) is 16.0 Å². The molecule has 0 fully saturated rings. The van der Waals surface area contributed by atoms with Crippen molar-refractivity contribution in [3.05, 3.63) is 54.1 Å². The van der Waals surface area contributed by atoms with E-state index in [9.17, 15) is 23.1 Å². The van der Waals surface area contributed by atoms with Crippen molar-refractivity contribution < 1.29 is 32.4 Å². The molecule has 22 heavy (non-hydrogen) atoms. The molecule has 0 saturated carbocycles. The van der Waals surface area contributed by atoms with E-state index in [-0.39, 0.29) is 24.2 Å². The van der Waals surface area contributed by atoms with Crippen molar-refractivity contribution in [1.29, 1.82) is 0 Å². The van der Waals surface area contributed by atoms with Gasteiger partial charge in [-0.15, -0.1) is 6.58 Å². The minimum Gasteiger partial charge on any atom is -0.478 e. The number of aromatic carboxylic acids is 1. The third-order valence-electron chi connectivity index (χ3n) is 2.65. The maximum atomic E-state index is 12.0. The number of esters is 1. The summed E-state index contributed by atoms with van der Waals surface area (Å²) in [7, 11) is -4.68. The SMILES string of the molecule is C=CCOC(=O)c1cc(S(=O)(=O)O)cc(C(=O)O)c1CC=C. The van der Waals surface area contributed by atoms with Crippen molar-refractivity contribution in [2.24, 2.45) is 0 Å². The molecule has 0 radical (unpaired) electrons. The van der Waals surface area contributed by atoms with Gasteiger partial charge in [-0.1, -0.05) is 18.7 Å². The van der Waals surface area contributed by atoms with Crippen LogP contribution in [0.3, 0.4) is 0 Å². The van der Waals surface area contributed by atoms with Gasteiger partial charge < -0.3 is 9.84 Å². The molecule has 0 spiro atoms. The van der Waals surface area contributed by atoms with E-state index in [0.717, 1.165) is 12.1 Å². The van der Waals surface area contributed by atoms with Crippen molar-refractivity contribution in [2.75, 3.05) is 6.61 Å². The van der Waals surface area contributed by atoms with Gasteiger partial charge in [-0.05, 0) is 24.1 Å². The van der Waals surface area contributed by atoms with Crippen molar-refractivity contribution in [1.82, 2.24) is 0 Å². The summed E-state index contributed by atoms with van der Waals surface area (Å²) in [4.78, 5) is 22.6. The smallest absolute Gasteiger partial charge is 0.338 e. The van der Waals surface area contributed by atoms with Gasteiger partial charge in [0.15, 0.2) is 0 Å². The fraction of sp³-hybridized carbons (Fsp3) is 0.143. The summed E-state index contributed by atoms with van der Waals surface area (Å²) in [6.45, 7) is 6.69. The molecule has 7 nitrogen and oxygen atoms in total. The first-order chi connectivity index (χ1) is 10.2. The van der Waals surface area contributed by atoms with E-state index in [4.69, 9.17) is 9.29 Å². The minimum atomic E-state index is -4.68. The molecular formula is C14H14O7S. The topological polar surface area (TPSA) is 118 Å². The number of ether oxygens (including phenoxy) is 1. The Morgan fingerprint density at radius 2 is 1.77 bits per heavy atom. The molecule has 1 aromatic rings. The second-order valence-electron chi connectivity index (χ2n) is 4.16. The zero-order chi connectivity index (χ0) is 16.9. The molecule has 8 heteroatoms. The van der Waals surface area contributed by atoms with Gasteiger partial charge in [0.2, 0.25) is 0 Å². The highest BCUT2D eigenvalue weighted by Gasteiger charge is 2.24. The van der Waals surface area contributed by atoms with Crippen LogP contribution < -0.4 is 0 Å². The first kappa shape index (κ1) is 17.6. The van der Waals surface area contributed by atoms with E-state index in [1.54, 1.807) is 0 Å². The summed E-state index contributed by atoms with van der Waals surface area (Å²) in [6, 6.07) is 1.65. The molecule has 0 saturated heterocycles. The Morgan fingerprint density at radius 3 is 2.23 bits per heavy atom. The average Bonchev–Trinajstić information content (AvgIpc) is 2.43. The van der Waals surface area contributed by atoms with E-state index >= 15 is 0 Å². The standard InChI is InChI=1S/C14H14O7S/c1-3-5-10-11(13(15)16)7-9(22(18,19)20)8-12(10)14(17)21-6-4-2/h3-4,7-8H,1-2,5-6H2,(H,15,16)(H,18,19,20). The van der Waals surface area contributed by atoms with Crippen LogP contribution in [-0.2, 0) is 21.3 Å². The van der Waals surface area contributed by atoms with E-state index in [1.807, 2.05) is 0 Å². The van der Waals surface area contributed by atoms with Gasteiger partial charge in [-0.25, -0.2) is 9.59 Å². The van der Waals surface area contributed by atoms with Crippen LogP contribution in [-0.4, -0.2) is 36.6 Å². The Labute approximate surface area is 127 Å². The van der Waals surface area contributed by atoms with Crippen LogP contribution in [0, 0.1) is 0 Å². The highest BCUT2D eigenvalue weighted by molar-refractivity contribution is 7.85. The minimum absolute atomic E-state index is 0.00587. The molecule has 0 aliphatic carbocycles. The number of rotatable bonds is 7. The third kappa shape index (κ3) is 4.03. The molecule has 0 aliphatic heterocycles. The zero-order valence-electron chi connectivity index (χ0n) is 11.5.